The summed E-state index contributed by atoms with van der Waals surface area (Å²) in [6.07, 6.45) is 8.95. The van der Waals surface area contributed by atoms with Crippen molar-refractivity contribution in [1.29, 1.82) is 0 Å². The summed E-state index contributed by atoms with van der Waals surface area (Å²) >= 11 is 0. The van der Waals surface area contributed by atoms with Crippen molar-refractivity contribution in [2.45, 2.75) is 51.0 Å². The maximum atomic E-state index is 13.7. The molecule has 0 saturated heterocycles. The number of nitrogens with zero attached hydrogens (tertiary/aromatic N) is 4. The van der Waals surface area contributed by atoms with Gasteiger partial charge in [-0.1, -0.05) is 12.1 Å². The normalized spacial score (nSPS) is 19.2. The highest BCUT2D eigenvalue weighted by Crippen LogP contribution is 2.39. The summed E-state index contributed by atoms with van der Waals surface area (Å²) < 4.78 is 29.7. The first-order valence-electron chi connectivity index (χ1n) is 10.9. The summed E-state index contributed by atoms with van der Waals surface area (Å²) in [7, 11) is 0. The number of aromatic nitrogens is 4. The van der Waals surface area contributed by atoms with Crippen LogP contribution in [0.2, 0.25) is 0 Å². The lowest BCUT2D eigenvalue weighted by atomic mass is 9.97. The van der Waals surface area contributed by atoms with Gasteiger partial charge in [0.25, 0.3) is 5.92 Å². The quantitative estimate of drug-likeness (QED) is 0.447. The van der Waals surface area contributed by atoms with E-state index in [-0.39, 0.29) is 11.4 Å². The molecule has 4 N–H and O–H groups in total. The number of hydrogen-bond donors (Lipinski definition) is 2. The van der Waals surface area contributed by atoms with Gasteiger partial charge in [0.2, 0.25) is 0 Å². The first kappa shape index (κ1) is 20.6. The zero-order valence-corrected chi connectivity index (χ0v) is 17.9. The van der Waals surface area contributed by atoms with Gasteiger partial charge < -0.3 is 16.0 Å². The number of benzene rings is 1. The highest BCUT2D eigenvalue weighted by atomic mass is 19.3. The maximum absolute atomic E-state index is 13.7. The molecule has 2 unspecified atom stereocenters. The first-order valence-corrected chi connectivity index (χ1v) is 10.9. The number of pyridine rings is 1. The summed E-state index contributed by atoms with van der Waals surface area (Å²) in [5, 5.41) is 1.59. The van der Waals surface area contributed by atoms with E-state index in [9.17, 15) is 8.78 Å². The standard InChI is InChI=1S/C24H26F2N6/c1-24(25,26)19-12-16-6-4-15(11-20(16)31-22(19)28)3-2-14-5-7-17(10-14)32-9-8-18-21(27)29-13-30-23(18)32/h4,6,8-9,11-14,17H,2-3,5,7,10H2,1H3,(H2,28,31)(H2,27,29,30). The molecule has 3 heterocycles. The van der Waals surface area contributed by atoms with E-state index < -0.39 is 5.92 Å². The van der Waals surface area contributed by atoms with Gasteiger partial charge in [0.1, 0.15) is 23.6 Å². The summed E-state index contributed by atoms with van der Waals surface area (Å²) in [5.74, 6) is -1.98. The molecule has 5 rings (SSSR count). The summed E-state index contributed by atoms with van der Waals surface area (Å²) in [6, 6.07) is 9.68. The number of rotatable bonds is 5. The predicted molar refractivity (Wildman–Crippen MR) is 122 cm³/mol. The molecule has 8 heteroatoms. The van der Waals surface area contributed by atoms with E-state index in [1.165, 1.54) is 18.8 Å². The summed E-state index contributed by atoms with van der Waals surface area (Å²) in [5.41, 5.74) is 14.3. The van der Waals surface area contributed by atoms with Crippen LogP contribution in [0.5, 0.6) is 0 Å². The molecule has 0 bridgehead atoms. The highest BCUT2D eigenvalue weighted by molar-refractivity contribution is 5.86. The third-order valence-corrected chi connectivity index (χ3v) is 6.67. The molecule has 0 amide bonds. The van der Waals surface area contributed by atoms with Crippen LogP contribution in [0.1, 0.15) is 49.8 Å². The second-order valence-corrected chi connectivity index (χ2v) is 8.93. The van der Waals surface area contributed by atoms with Crippen LogP contribution < -0.4 is 11.5 Å². The van der Waals surface area contributed by atoms with Crippen LogP contribution in [-0.4, -0.2) is 19.5 Å². The van der Waals surface area contributed by atoms with Crippen LogP contribution in [0.3, 0.4) is 0 Å². The van der Waals surface area contributed by atoms with E-state index >= 15 is 0 Å². The summed E-state index contributed by atoms with van der Waals surface area (Å²) in [6.45, 7) is 0.841. The smallest absolute Gasteiger partial charge is 0.274 e. The van der Waals surface area contributed by atoms with Crippen molar-refractivity contribution in [3.63, 3.8) is 0 Å². The third-order valence-electron chi connectivity index (χ3n) is 6.67. The second kappa shape index (κ2) is 7.69. The van der Waals surface area contributed by atoms with Crippen molar-refractivity contribution in [3.05, 3.63) is 54.0 Å². The maximum Gasteiger partial charge on any atom is 0.274 e. The number of fused-ring (bicyclic) bond motifs is 2. The summed E-state index contributed by atoms with van der Waals surface area (Å²) in [4.78, 5) is 12.7. The van der Waals surface area contributed by atoms with E-state index in [1.54, 1.807) is 0 Å². The molecule has 1 aliphatic carbocycles. The third kappa shape index (κ3) is 3.74. The number of aryl methyl sites for hydroxylation is 1. The molecule has 3 aromatic heterocycles. The topological polar surface area (TPSA) is 95.6 Å². The first-order chi connectivity index (χ1) is 15.3. The van der Waals surface area contributed by atoms with Gasteiger partial charge in [-0.3, -0.25) is 0 Å². The Labute approximate surface area is 184 Å². The van der Waals surface area contributed by atoms with Crippen molar-refractivity contribution in [1.82, 2.24) is 19.5 Å². The Kier molecular flexibility index (Phi) is 4.95. The largest absolute Gasteiger partial charge is 0.383 e. The Hall–Kier alpha value is -3.29. The van der Waals surface area contributed by atoms with Crippen molar-refractivity contribution < 1.29 is 8.78 Å². The highest BCUT2D eigenvalue weighted by Gasteiger charge is 2.29. The Balaban J connectivity index is 1.27. The van der Waals surface area contributed by atoms with Gasteiger partial charge >= 0.3 is 0 Å². The fraction of sp³-hybridized carbons (Fsp3) is 0.375. The fourth-order valence-corrected chi connectivity index (χ4v) is 4.95. The van der Waals surface area contributed by atoms with Crippen LogP contribution in [0.25, 0.3) is 21.9 Å². The van der Waals surface area contributed by atoms with Gasteiger partial charge in [-0.05, 0) is 61.8 Å². The molecular weight excluding hydrogens is 410 g/mol. The van der Waals surface area contributed by atoms with Crippen LogP contribution in [0.4, 0.5) is 20.4 Å². The molecule has 0 aliphatic heterocycles. The minimum absolute atomic E-state index is 0.107. The lowest BCUT2D eigenvalue weighted by Crippen LogP contribution is -2.12. The van der Waals surface area contributed by atoms with E-state index in [0.717, 1.165) is 49.2 Å². The zero-order valence-electron chi connectivity index (χ0n) is 17.9. The molecule has 0 spiro atoms. The minimum atomic E-state index is -3.01. The number of hydrogen-bond acceptors (Lipinski definition) is 5. The zero-order chi connectivity index (χ0) is 22.5. The van der Waals surface area contributed by atoms with E-state index in [1.807, 2.05) is 24.3 Å². The van der Waals surface area contributed by atoms with Gasteiger partial charge in [0.15, 0.2) is 0 Å². The molecule has 1 saturated carbocycles. The van der Waals surface area contributed by atoms with Crippen LogP contribution in [0.15, 0.2) is 42.9 Å². The van der Waals surface area contributed by atoms with Crippen LogP contribution in [-0.2, 0) is 12.3 Å². The Morgan fingerprint density at radius 3 is 2.75 bits per heavy atom. The second-order valence-electron chi connectivity index (χ2n) is 8.93. The Bertz CT molecular complexity index is 1290. The van der Waals surface area contributed by atoms with Gasteiger partial charge in [-0.25, -0.2) is 23.7 Å². The molecule has 1 aromatic carbocycles. The monoisotopic (exact) mass is 436 g/mol. The van der Waals surface area contributed by atoms with Crippen molar-refractivity contribution in [2.24, 2.45) is 5.92 Å². The number of halogens is 2. The van der Waals surface area contributed by atoms with Gasteiger partial charge in [-0.2, -0.15) is 0 Å². The van der Waals surface area contributed by atoms with E-state index in [0.29, 0.717) is 28.7 Å². The van der Waals surface area contributed by atoms with Crippen molar-refractivity contribution >= 4 is 33.6 Å². The average Bonchev–Trinajstić information content (AvgIpc) is 3.38. The molecule has 1 aliphatic rings. The number of anilines is 2. The minimum Gasteiger partial charge on any atom is -0.383 e. The number of alkyl halides is 2. The molecule has 1 fully saturated rings. The van der Waals surface area contributed by atoms with Crippen molar-refractivity contribution in [2.75, 3.05) is 11.5 Å². The molecule has 166 valence electrons. The molecule has 6 nitrogen and oxygen atoms in total. The Morgan fingerprint density at radius 1 is 1.09 bits per heavy atom. The van der Waals surface area contributed by atoms with Gasteiger partial charge in [0.05, 0.1) is 16.5 Å². The van der Waals surface area contributed by atoms with Crippen LogP contribution in [0, 0.1) is 5.92 Å². The number of nitrogens with two attached hydrogens (primary N) is 2. The predicted octanol–water partition coefficient (Wildman–Crippen LogP) is 5.23. The van der Waals surface area contributed by atoms with Crippen molar-refractivity contribution in [3.8, 4) is 0 Å². The lowest BCUT2D eigenvalue weighted by molar-refractivity contribution is 0.0182. The van der Waals surface area contributed by atoms with Gasteiger partial charge in [-0.15, -0.1) is 0 Å². The van der Waals surface area contributed by atoms with E-state index in [4.69, 9.17) is 11.5 Å². The fourth-order valence-electron chi connectivity index (χ4n) is 4.95. The van der Waals surface area contributed by atoms with Crippen LogP contribution >= 0.6 is 0 Å². The van der Waals surface area contributed by atoms with Gasteiger partial charge in [0, 0.05) is 24.5 Å². The lowest BCUT2D eigenvalue weighted by Gasteiger charge is -2.15. The number of nitrogen functional groups attached to an aromatic ring is 2. The molecular formula is C24H26F2N6. The average molecular weight is 437 g/mol. The SMILES string of the molecule is CC(F)(F)c1cc2ccc(CCC3CCC(n4ccc5c(N)ncnc54)C3)cc2nc1N. The molecule has 0 radical (unpaired) electrons. The molecule has 4 aromatic rings. The Morgan fingerprint density at radius 2 is 1.94 bits per heavy atom. The van der Waals surface area contributed by atoms with E-state index in [2.05, 4.69) is 25.7 Å². The molecule has 2 atom stereocenters. The molecule has 32 heavy (non-hydrogen) atoms.